The van der Waals surface area contributed by atoms with E-state index in [0.29, 0.717) is 18.1 Å². The largest absolute Gasteiger partial charge is 0.395 e. The maximum absolute atomic E-state index is 11.1. The molecule has 14 heavy (non-hydrogen) atoms. The van der Waals surface area contributed by atoms with Crippen LogP contribution in [0.3, 0.4) is 0 Å². The number of hydrogen-bond donors (Lipinski definition) is 3. The lowest BCUT2D eigenvalue weighted by Crippen LogP contribution is -2.50. The zero-order valence-corrected chi connectivity index (χ0v) is 9.22. The minimum atomic E-state index is -0.813. The normalized spacial score (nSPS) is 34.4. The quantitative estimate of drug-likeness (QED) is 0.611. The van der Waals surface area contributed by atoms with E-state index in [-0.39, 0.29) is 11.9 Å². The summed E-state index contributed by atoms with van der Waals surface area (Å²) in [6.07, 6.45) is 2.21. The average Bonchev–Trinajstić information content (AvgIpc) is 2.49. The Morgan fingerprint density at radius 1 is 1.79 bits per heavy atom. The van der Waals surface area contributed by atoms with Crippen LogP contribution >= 0.6 is 11.8 Å². The highest BCUT2D eigenvalue weighted by Gasteiger charge is 2.41. The summed E-state index contributed by atoms with van der Waals surface area (Å²) < 4.78 is 0. The van der Waals surface area contributed by atoms with Gasteiger partial charge in [0.2, 0.25) is 5.91 Å². The van der Waals surface area contributed by atoms with Gasteiger partial charge in [0.25, 0.3) is 0 Å². The molecule has 3 unspecified atom stereocenters. The highest BCUT2D eigenvalue weighted by atomic mass is 32.2. The number of thioether (sulfide) groups is 1. The van der Waals surface area contributed by atoms with Crippen LogP contribution in [0, 0.1) is 0 Å². The van der Waals surface area contributed by atoms with Gasteiger partial charge in [-0.1, -0.05) is 6.92 Å². The second kappa shape index (κ2) is 4.51. The summed E-state index contributed by atoms with van der Waals surface area (Å²) in [5.41, 5.74) is 10.3. The zero-order chi connectivity index (χ0) is 10.8. The fraction of sp³-hybridized carbons (Fsp3) is 0.889. The summed E-state index contributed by atoms with van der Waals surface area (Å²) in [6, 6.07) is 0. The van der Waals surface area contributed by atoms with E-state index in [9.17, 15) is 4.79 Å². The average molecular weight is 218 g/mol. The Balaban J connectivity index is 2.45. The Hall–Kier alpha value is -0.260. The van der Waals surface area contributed by atoms with E-state index in [1.54, 1.807) is 11.8 Å². The van der Waals surface area contributed by atoms with Crippen molar-refractivity contribution in [3.8, 4) is 0 Å². The number of amides is 1. The number of aliphatic hydroxyl groups excluding tert-OH is 1. The molecule has 0 aliphatic heterocycles. The van der Waals surface area contributed by atoms with Gasteiger partial charge in [0.1, 0.15) is 0 Å². The molecule has 1 rings (SSSR count). The highest BCUT2D eigenvalue weighted by molar-refractivity contribution is 8.00. The maximum atomic E-state index is 11.1. The first-order valence-electron chi connectivity index (χ1n) is 4.83. The van der Waals surface area contributed by atoms with Crippen molar-refractivity contribution in [2.24, 2.45) is 11.5 Å². The molecule has 0 heterocycles. The molecule has 5 N–H and O–H groups in total. The molecular formula is C9H18N2O2S. The zero-order valence-electron chi connectivity index (χ0n) is 8.40. The van der Waals surface area contributed by atoms with Gasteiger partial charge in [0.05, 0.1) is 12.1 Å². The Kier molecular flexibility index (Phi) is 3.80. The van der Waals surface area contributed by atoms with Gasteiger partial charge < -0.3 is 16.6 Å². The molecule has 5 heteroatoms. The maximum Gasteiger partial charge on any atom is 0.237 e. The highest BCUT2D eigenvalue weighted by Crippen LogP contribution is 2.37. The van der Waals surface area contributed by atoms with Crippen LogP contribution in [0.5, 0.6) is 0 Å². The van der Waals surface area contributed by atoms with Crippen LogP contribution < -0.4 is 11.5 Å². The lowest BCUT2D eigenvalue weighted by atomic mass is 9.99. The molecular weight excluding hydrogens is 200 g/mol. The van der Waals surface area contributed by atoms with Crippen LogP contribution in [0.1, 0.15) is 26.2 Å². The van der Waals surface area contributed by atoms with Crippen molar-refractivity contribution in [2.45, 2.75) is 42.2 Å². The van der Waals surface area contributed by atoms with Gasteiger partial charge in [0, 0.05) is 10.5 Å². The summed E-state index contributed by atoms with van der Waals surface area (Å²) in [6.45, 7) is 2.13. The minimum Gasteiger partial charge on any atom is -0.395 e. The summed E-state index contributed by atoms with van der Waals surface area (Å²) in [4.78, 5) is 11.1. The Morgan fingerprint density at radius 2 is 2.43 bits per heavy atom. The van der Waals surface area contributed by atoms with Crippen molar-refractivity contribution >= 4 is 17.7 Å². The van der Waals surface area contributed by atoms with E-state index in [0.717, 1.165) is 6.42 Å². The third-order valence-corrected chi connectivity index (χ3v) is 4.08. The Morgan fingerprint density at radius 3 is 2.86 bits per heavy atom. The number of carbonyl (C=O) groups excluding carboxylic acids is 1. The second-order valence-electron chi connectivity index (χ2n) is 4.01. The van der Waals surface area contributed by atoms with Crippen LogP contribution in [-0.2, 0) is 4.79 Å². The van der Waals surface area contributed by atoms with Crippen molar-refractivity contribution in [1.82, 2.24) is 0 Å². The Bertz CT molecular complexity index is 225. The van der Waals surface area contributed by atoms with Gasteiger partial charge in [-0.2, -0.15) is 11.8 Å². The number of hydrogen-bond acceptors (Lipinski definition) is 4. The van der Waals surface area contributed by atoms with Crippen LogP contribution in [0.15, 0.2) is 0 Å². The molecule has 1 aliphatic rings. The number of nitrogens with two attached hydrogens (primary N) is 2. The predicted octanol–water partition coefficient (Wildman–Crippen LogP) is -0.164. The number of rotatable bonds is 4. The molecule has 0 aromatic heterocycles. The smallest absolute Gasteiger partial charge is 0.237 e. The van der Waals surface area contributed by atoms with E-state index < -0.39 is 11.4 Å². The molecule has 0 bridgehead atoms. The van der Waals surface area contributed by atoms with Gasteiger partial charge in [-0.25, -0.2) is 0 Å². The SMILES string of the molecule is CC(CO)SC1CCC(N)(C(N)=O)C1. The van der Waals surface area contributed by atoms with Crippen molar-refractivity contribution < 1.29 is 9.90 Å². The molecule has 3 atom stereocenters. The standard InChI is InChI=1S/C9H18N2O2S/c1-6(5-12)14-7-2-3-9(11,4-7)8(10)13/h6-7,12H,2-5,11H2,1H3,(H2,10,13). The predicted molar refractivity (Wildman–Crippen MR) is 57.9 cm³/mol. The summed E-state index contributed by atoms with van der Waals surface area (Å²) in [5, 5.41) is 9.45. The van der Waals surface area contributed by atoms with Crippen molar-refractivity contribution in [1.29, 1.82) is 0 Å². The molecule has 0 radical (unpaired) electrons. The van der Waals surface area contributed by atoms with Crippen molar-refractivity contribution in [3.05, 3.63) is 0 Å². The lowest BCUT2D eigenvalue weighted by Gasteiger charge is -2.20. The van der Waals surface area contributed by atoms with Crippen LogP contribution in [-0.4, -0.2) is 33.7 Å². The Labute approximate surface area is 88.4 Å². The van der Waals surface area contributed by atoms with E-state index in [1.165, 1.54) is 0 Å². The van der Waals surface area contributed by atoms with Gasteiger partial charge in [-0.05, 0) is 19.3 Å². The molecule has 0 saturated heterocycles. The number of aliphatic hydroxyl groups is 1. The molecule has 0 aromatic carbocycles. The molecule has 4 nitrogen and oxygen atoms in total. The first-order valence-corrected chi connectivity index (χ1v) is 5.77. The fourth-order valence-corrected chi connectivity index (χ4v) is 3.13. The number of carbonyl (C=O) groups is 1. The van der Waals surface area contributed by atoms with Crippen LogP contribution in [0.2, 0.25) is 0 Å². The topological polar surface area (TPSA) is 89.3 Å². The fourth-order valence-electron chi connectivity index (χ4n) is 1.74. The van der Waals surface area contributed by atoms with Gasteiger partial charge >= 0.3 is 0 Å². The molecule has 1 aliphatic carbocycles. The van der Waals surface area contributed by atoms with Crippen molar-refractivity contribution in [2.75, 3.05) is 6.61 Å². The molecule has 0 spiro atoms. The molecule has 1 saturated carbocycles. The van der Waals surface area contributed by atoms with Gasteiger partial charge in [-0.15, -0.1) is 0 Å². The van der Waals surface area contributed by atoms with Crippen molar-refractivity contribution in [3.63, 3.8) is 0 Å². The summed E-state index contributed by atoms with van der Waals surface area (Å²) in [5.74, 6) is -0.405. The first kappa shape index (κ1) is 11.8. The van der Waals surface area contributed by atoms with Crippen LogP contribution in [0.25, 0.3) is 0 Å². The van der Waals surface area contributed by atoms with E-state index in [4.69, 9.17) is 16.6 Å². The lowest BCUT2D eigenvalue weighted by molar-refractivity contribution is -0.122. The monoisotopic (exact) mass is 218 g/mol. The van der Waals surface area contributed by atoms with E-state index in [1.807, 2.05) is 6.92 Å². The van der Waals surface area contributed by atoms with Gasteiger partial charge in [-0.3, -0.25) is 4.79 Å². The third kappa shape index (κ3) is 2.62. The number of primary amides is 1. The van der Waals surface area contributed by atoms with Gasteiger partial charge in [0.15, 0.2) is 0 Å². The molecule has 1 fully saturated rings. The summed E-state index contributed by atoms with van der Waals surface area (Å²) >= 11 is 1.69. The van der Waals surface area contributed by atoms with Crippen LogP contribution in [0.4, 0.5) is 0 Å². The van der Waals surface area contributed by atoms with E-state index in [2.05, 4.69) is 0 Å². The molecule has 0 aromatic rings. The minimum absolute atomic E-state index is 0.162. The molecule has 1 amide bonds. The summed E-state index contributed by atoms with van der Waals surface area (Å²) in [7, 11) is 0. The molecule has 82 valence electrons. The third-order valence-electron chi connectivity index (χ3n) is 2.68. The first-order chi connectivity index (χ1) is 6.48. The van der Waals surface area contributed by atoms with E-state index >= 15 is 0 Å². The second-order valence-corrected chi connectivity index (χ2v) is 5.76.